The number of likely N-dealkylation sites (tertiary alicyclic amines) is 1. The van der Waals surface area contributed by atoms with Gasteiger partial charge in [-0.05, 0) is 71.3 Å². The van der Waals surface area contributed by atoms with Crippen molar-refractivity contribution in [3.05, 3.63) is 66.0 Å². The van der Waals surface area contributed by atoms with E-state index < -0.39 is 0 Å². The Balaban J connectivity index is 1.63. The van der Waals surface area contributed by atoms with Gasteiger partial charge in [-0.3, -0.25) is 14.5 Å². The van der Waals surface area contributed by atoms with E-state index in [2.05, 4.69) is 59.9 Å². The predicted octanol–water partition coefficient (Wildman–Crippen LogP) is 3.68. The Morgan fingerprint density at radius 3 is 2.79 bits per heavy atom. The minimum atomic E-state index is -0.0554. The van der Waals surface area contributed by atoms with Crippen LogP contribution in [0.25, 0.3) is 5.82 Å². The van der Waals surface area contributed by atoms with Crippen LogP contribution in [0.2, 0.25) is 0 Å². The molecule has 0 aromatic carbocycles. The Morgan fingerprint density at radius 1 is 1.29 bits per heavy atom. The molecule has 1 aliphatic carbocycles. The van der Waals surface area contributed by atoms with Crippen molar-refractivity contribution in [3.8, 4) is 0 Å². The summed E-state index contributed by atoms with van der Waals surface area (Å²) in [6, 6.07) is 5.37. The van der Waals surface area contributed by atoms with Crippen molar-refractivity contribution in [2.24, 2.45) is 0 Å². The van der Waals surface area contributed by atoms with Crippen LogP contribution in [0.3, 0.4) is 0 Å². The summed E-state index contributed by atoms with van der Waals surface area (Å²) in [6.07, 6.45) is 12.1. The van der Waals surface area contributed by atoms with Gasteiger partial charge in [0, 0.05) is 37.9 Å². The van der Waals surface area contributed by atoms with E-state index in [9.17, 15) is 5.11 Å². The molecule has 4 rings (SSSR count). The highest BCUT2D eigenvalue weighted by Crippen LogP contribution is 2.35. The van der Waals surface area contributed by atoms with Crippen LogP contribution in [0, 0.1) is 0 Å². The molecule has 7 nitrogen and oxygen atoms in total. The first-order valence-corrected chi connectivity index (χ1v) is 12.5. The van der Waals surface area contributed by atoms with Gasteiger partial charge in [0.1, 0.15) is 12.1 Å². The van der Waals surface area contributed by atoms with Gasteiger partial charge < -0.3 is 14.9 Å². The number of fused-ring (bicyclic) bond motifs is 1. The standard InChI is InChI=1S/C27H40N6O/c1-6-9-26(31-15-13-22(16-31)30(4)5)33-19-29-23(25(33)18-34)17-32(20(2)3)24-12-7-10-21-11-8-14-28-27(21)24/h6,8-9,11,14,19-20,22,24,34H,1,7,10,12-13,15-18H2,2-5H3/b26-9-/t22?,24-/m0/s1. The number of rotatable bonds is 9. The van der Waals surface area contributed by atoms with Gasteiger partial charge >= 0.3 is 0 Å². The molecule has 7 heteroatoms. The van der Waals surface area contributed by atoms with Crippen molar-refractivity contribution >= 4 is 5.82 Å². The number of pyridine rings is 1. The summed E-state index contributed by atoms with van der Waals surface area (Å²) in [5, 5.41) is 10.4. The maximum atomic E-state index is 10.4. The second-order valence-electron chi connectivity index (χ2n) is 10.0. The summed E-state index contributed by atoms with van der Waals surface area (Å²) in [5.41, 5.74) is 4.34. The molecule has 34 heavy (non-hydrogen) atoms. The largest absolute Gasteiger partial charge is 0.390 e. The van der Waals surface area contributed by atoms with E-state index in [0.717, 1.165) is 49.6 Å². The molecule has 1 aliphatic heterocycles. The number of aromatic nitrogens is 3. The summed E-state index contributed by atoms with van der Waals surface area (Å²) < 4.78 is 2.06. The molecule has 1 saturated heterocycles. The maximum absolute atomic E-state index is 10.4. The third-order valence-electron chi connectivity index (χ3n) is 7.40. The molecule has 2 aliphatic rings. The zero-order chi connectivity index (χ0) is 24.2. The van der Waals surface area contributed by atoms with Crippen LogP contribution in [-0.4, -0.2) is 73.6 Å². The quantitative estimate of drug-likeness (QED) is 0.572. The van der Waals surface area contributed by atoms with Crippen molar-refractivity contribution < 1.29 is 5.11 Å². The zero-order valence-electron chi connectivity index (χ0n) is 21.2. The monoisotopic (exact) mass is 464 g/mol. The second-order valence-corrected chi connectivity index (χ2v) is 10.0. The van der Waals surface area contributed by atoms with Crippen molar-refractivity contribution in [3.63, 3.8) is 0 Å². The normalized spacial score (nSPS) is 21.1. The highest BCUT2D eigenvalue weighted by Gasteiger charge is 2.31. The number of allylic oxidation sites excluding steroid dienone is 2. The number of nitrogens with zero attached hydrogens (tertiary/aromatic N) is 6. The van der Waals surface area contributed by atoms with E-state index in [0.29, 0.717) is 18.6 Å². The van der Waals surface area contributed by atoms with E-state index in [1.54, 1.807) is 0 Å². The number of aryl methyl sites for hydroxylation is 1. The fraction of sp³-hybridized carbons (Fsp3) is 0.556. The molecule has 184 valence electrons. The van der Waals surface area contributed by atoms with Gasteiger partial charge in [0.15, 0.2) is 0 Å². The summed E-state index contributed by atoms with van der Waals surface area (Å²) in [4.78, 5) is 16.7. The Kier molecular flexibility index (Phi) is 7.86. The van der Waals surface area contributed by atoms with Gasteiger partial charge in [0.25, 0.3) is 0 Å². The van der Waals surface area contributed by atoms with Crippen LogP contribution in [0.1, 0.15) is 61.8 Å². The molecule has 0 amide bonds. The van der Waals surface area contributed by atoms with Crippen LogP contribution >= 0.6 is 0 Å². The molecule has 0 spiro atoms. The average Bonchev–Trinajstić information content (AvgIpc) is 3.48. The highest BCUT2D eigenvalue weighted by molar-refractivity contribution is 5.49. The molecule has 1 fully saturated rings. The van der Waals surface area contributed by atoms with E-state index in [1.165, 1.54) is 17.7 Å². The first kappa shape index (κ1) is 24.6. The molecular formula is C27H40N6O. The van der Waals surface area contributed by atoms with Gasteiger partial charge in [0.2, 0.25) is 0 Å². The lowest BCUT2D eigenvalue weighted by molar-refractivity contribution is 0.123. The fourth-order valence-corrected chi connectivity index (χ4v) is 5.46. The van der Waals surface area contributed by atoms with Gasteiger partial charge in [-0.2, -0.15) is 0 Å². The van der Waals surface area contributed by atoms with E-state index in [4.69, 9.17) is 9.97 Å². The molecular weight excluding hydrogens is 424 g/mol. The average molecular weight is 465 g/mol. The van der Waals surface area contributed by atoms with Gasteiger partial charge in [-0.25, -0.2) is 4.98 Å². The van der Waals surface area contributed by atoms with Gasteiger partial charge in [-0.1, -0.05) is 18.7 Å². The summed E-state index contributed by atoms with van der Waals surface area (Å²) in [6.45, 7) is 11.0. The minimum absolute atomic E-state index is 0.0554. The van der Waals surface area contributed by atoms with Crippen LogP contribution in [0.5, 0.6) is 0 Å². The topological polar surface area (TPSA) is 60.7 Å². The number of aliphatic hydroxyl groups is 1. The molecule has 2 atom stereocenters. The third kappa shape index (κ3) is 4.97. The van der Waals surface area contributed by atoms with Crippen molar-refractivity contribution in [2.45, 2.75) is 70.8 Å². The van der Waals surface area contributed by atoms with Crippen molar-refractivity contribution in [1.82, 2.24) is 29.2 Å². The van der Waals surface area contributed by atoms with Gasteiger partial charge in [0.05, 0.1) is 29.7 Å². The first-order valence-electron chi connectivity index (χ1n) is 12.5. The highest BCUT2D eigenvalue weighted by atomic mass is 16.3. The molecule has 1 N–H and O–H groups in total. The van der Waals surface area contributed by atoms with Crippen molar-refractivity contribution in [2.75, 3.05) is 27.2 Å². The van der Waals surface area contributed by atoms with E-state index in [-0.39, 0.29) is 12.6 Å². The Hall–Kier alpha value is -2.48. The number of hydrogen-bond acceptors (Lipinski definition) is 6. The molecule has 2 aromatic heterocycles. The molecule has 0 saturated carbocycles. The van der Waals surface area contributed by atoms with Crippen LogP contribution < -0.4 is 0 Å². The molecule has 3 heterocycles. The van der Waals surface area contributed by atoms with Gasteiger partial charge in [-0.15, -0.1) is 0 Å². The third-order valence-corrected chi connectivity index (χ3v) is 7.40. The number of hydrogen-bond donors (Lipinski definition) is 1. The zero-order valence-corrected chi connectivity index (χ0v) is 21.2. The summed E-state index contributed by atoms with van der Waals surface area (Å²) in [5.74, 6) is 1.03. The Bertz CT molecular complexity index is 1010. The fourth-order valence-electron chi connectivity index (χ4n) is 5.46. The minimum Gasteiger partial charge on any atom is -0.390 e. The van der Waals surface area contributed by atoms with Crippen LogP contribution in [-0.2, 0) is 19.6 Å². The SMILES string of the molecule is C=C/C=C(/N1CCC(N(C)C)C1)n1cnc(CN(C(C)C)[C@H]2CCCc3cccnc32)c1CO. The van der Waals surface area contributed by atoms with Crippen molar-refractivity contribution in [1.29, 1.82) is 0 Å². The Labute approximate surface area is 204 Å². The number of likely N-dealkylation sites (N-methyl/N-ethyl adjacent to an activating group) is 1. The number of imidazole rings is 1. The lowest BCUT2D eigenvalue weighted by atomic mass is 9.90. The predicted molar refractivity (Wildman–Crippen MR) is 137 cm³/mol. The first-order chi connectivity index (χ1) is 16.4. The lowest BCUT2D eigenvalue weighted by Crippen LogP contribution is -2.37. The smallest absolute Gasteiger partial charge is 0.114 e. The van der Waals surface area contributed by atoms with Crippen LogP contribution in [0.4, 0.5) is 0 Å². The van der Waals surface area contributed by atoms with E-state index >= 15 is 0 Å². The summed E-state index contributed by atoms with van der Waals surface area (Å²) in [7, 11) is 4.27. The van der Waals surface area contributed by atoms with E-state index in [1.807, 2.05) is 30.7 Å². The summed E-state index contributed by atoms with van der Waals surface area (Å²) >= 11 is 0. The second kappa shape index (κ2) is 10.8. The maximum Gasteiger partial charge on any atom is 0.114 e. The number of aliphatic hydroxyl groups excluding tert-OH is 1. The molecule has 1 unspecified atom stereocenters. The lowest BCUT2D eigenvalue weighted by Gasteiger charge is -2.37. The molecule has 0 radical (unpaired) electrons. The molecule has 0 bridgehead atoms. The Morgan fingerprint density at radius 2 is 2.12 bits per heavy atom. The molecule has 2 aromatic rings. The van der Waals surface area contributed by atoms with Crippen LogP contribution in [0.15, 0.2) is 43.4 Å².